The third-order valence-corrected chi connectivity index (χ3v) is 2.82. The number of halogens is 2. The normalized spacial score (nSPS) is 9.90. The number of pyridine rings is 1. The SMILES string of the molecule is Fc1c(-c2ccccc2)nc2ccccc2c1F.O=P. The van der Waals surface area contributed by atoms with Crippen molar-refractivity contribution in [2.75, 3.05) is 0 Å². The van der Waals surface area contributed by atoms with E-state index in [0.29, 0.717) is 11.1 Å². The summed E-state index contributed by atoms with van der Waals surface area (Å²) in [5.41, 5.74) is 1.07. The van der Waals surface area contributed by atoms with E-state index in [9.17, 15) is 8.78 Å². The molecule has 100 valence electrons. The van der Waals surface area contributed by atoms with Crippen LogP contribution < -0.4 is 0 Å². The van der Waals surface area contributed by atoms with Gasteiger partial charge in [-0.25, -0.2) is 13.8 Å². The summed E-state index contributed by atoms with van der Waals surface area (Å²) in [6, 6.07) is 15.4. The van der Waals surface area contributed by atoms with Crippen molar-refractivity contribution >= 4 is 20.0 Å². The van der Waals surface area contributed by atoms with Gasteiger partial charge in [-0.05, 0) is 12.1 Å². The fourth-order valence-electron chi connectivity index (χ4n) is 1.94. The van der Waals surface area contributed by atoms with E-state index in [1.165, 1.54) is 6.07 Å². The summed E-state index contributed by atoms with van der Waals surface area (Å²) < 4.78 is 36.0. The molecule has 0 saturated heterocycles. The van der Waals surface area contributed by atoms with Crippen molar-refractivity contribution in [3.63, 3.8) is 0 Å². The summed E-state index contributed by atoms with van der Waals surface area (Å²) >= 11 is 0. The van der Waals surface area contributed by atoms with Gasteiger partial charge in [0.15, 0.2) is 11.6 Å². The number of benzene rings is 2. The fraction of sp³-hybridized carbons (Fsp3) is 0. The van der Waals surface area contributed by atoms with E-state index < -0.39 is 11.6 Å². The zero-order valence-corrected chi connectivity index (χ0v) is 11.3. The van der Waals surface area contributed by atoms with Gasteiger partial charge in [0.2, 0.25) is 0 Å². The van der Waals surface area contributed by atoms with Gasteiger partial charge in [0.1, 0.15) is 14.8 Å². The summed E-state index contributed by atoms with van der Waals surface area (Å²) in [6.45, 7) is 0. The van der Waals surface area contributed by atoms with Crippen LogP contribution in [0.4, 0.5) is 8.78 Å². The maximum Gasteiger partial charge on any atom is 0.185 e. The van der Waals surface area contributed by atoms with Gasteiger partial charge in [-0.3, -0.25) is 4.57 Å². The van der Waals surface area contributed by atoms with Gasteiger partial charge in [-0.2, -0.15) is 0 Å². The molecule has 3 rings (SSSR count). The van der Waals surface area contributed by atoms with Crippen molar-refractivity contribution in [2.45, 2.75) is 0 Å². The number of hydrogen-bond donors (Lipinski definition) is 0. The van der Waals surface area contributed by atoms with Crippen LogP contribution in [0.3, 0.4) is 0 Å². The third-order valence-electron chi connectivity index (χ3n) is 2.82. The molecule has 1 heterocycles. The molecule has 0 atom stereocenters. The minimum atomic E-state index is -0.903. The topological polar surface area (TPSA) is 30.0 Å². The number of aromatic nitrogens is 1. The van der Waals surface area contributed by atoms with E-state index in [2.05, 4.69) is 4.98 Å². The first-order chi connectivity index (χ1) is 9.77. The first-order valence-electron chi connectivity index (χ1n) is 5.77. The van der Waals surface area contributed by atoms with E-state index in [1.54, 1.807) is 51.6 Å². The minimum absolute atomic E-state index is 0.0480. The molecule has 0 saturated carbocycles. The Balaban J connectivity index is 0.000000704. The van der Waals surface area contributed by atoms with Crippen molar-refractivity contribution in [1.29, 1.82) is 0 Å². The van der Waals surface area contributed by atoms with Crippen LogP contribution in [0.15, 0.2) is 54.6 Å². The molecule has 20 heavy (non-hydrogen) atoms. The zero-order chi connectivity index (χ0) is 14.5. The van der Waals surface area contributed by atoms with E-state index >= 15 is 0 Å². The van der Waals surface area contributed by atoms with Gasteiger partial charge in [-0.1, -0.05) is 42.5 Å². The molecule has 2 aromatic carbocycles. The lowest BCUT2D eigenvalue weighted by atomic mass is 10.1. The predicted molar refractivity (Wildman–Crippen MR) is 76.1 cm³/mol. The largest absolute Gasteiger partial charge is 0.279 e. The van der Waals surface area contributed by atoms with E-state index in [4.69, 9.17) is 4.57 Å². The van der Waals surface area contributed by atoms with Crippen LogP contribution >= 0.6 is 9.12 Å². The smallest absolute Gasteiger partial charge is 0.185 e. The molecular formula is C15H10F2NOP. The molecule has 1 aromatic heterocycles. The molecule has 0 aliphatic carbocycles. The van der Waals surface area contributed by atoms with Crippen LogP contribution in [-0.4, -0.2) is 4.98 Å². The van der Waals surface area contributed by atoms with Crippen molar-refractivity contribution in [3.8, 4) is 11.3 Å². The molecule has 0 unspecified atom stereocenters. The number of nitrogens with zero attached hydrogens (tertiary/aromatic N) is 1. The Hall–Kier alpha value is -2.19. The average molecular weight is 289 g/mol. The quantitative estimate of drug-likeness (QED) is 0.610. The number of fused-ring (bicyclic) bond motifs is 1. The van der Waals surface area contributed by atoms with Gasteiger partial charge < -0.3 is 0 Å². The van der Waals surface area contributed by atoms with Gasteiger partial charge >= 0.3 is 0 Å². The number of hydrogen-bond acceptors (Lipinski definition) is 2. The summed E-state index contributed by atoms with van der Waals surface area (Å²) in [6.07, 6.45) is 0. The molecule has 0 bridgehead atoms. The Morgan fingerprint density at radius 3 is 2.10 bits per heavy atom. The van der Waals surface area contributed by atoms with Crippen molar-refractivity contribution in [2.24, 2.45) is 0 Å². The second-order valence-electron chi connectivity index (χ2n) is 3.97. The Kier molecular flexibility index (Phi) is 4.49. The Morgan fingerprint density at radius 1 is 0.800 bits per heavy atom. The highest BCUT2D eigenvalue weighted by Crippen LogP contribution is 2.27. The highest BCUT2D eigenvalue weighted by Gasteiger charge is 2.15. The number of rotatable bonds is 1. The lowest BCUT2D eigenvalue weighted by molar-refractivity contribution is 0.516. The molecule has 2 nitrogen and oxygen atoms in total. The van der Waals surface area contributed by atoms with E-state index in [0.717, 1.165) is 0 Å². The molecule has 0 N–H and O–H groups in total. The minimum Gasteiger partial charge on any atom is -0.279 e. The Morgan fingerprint density at radius 2 is 1.40 bits per heavy atom. The fourth-order valence-corrected chi connectivity index (χ4v) is 1.94. The van der Waals surface area contributed by atoms with E-state index in [1.807, 2.05) is 6.07 Å². The molecule has 0 aliphatic heterocycles. The van der Waals surface area contributed by atoms with Gasteiger partial charge in [0.25, 0.3) is 0 Å². The Labute approximate surface area is 116 Å². The molecule has 5 heteroatoms. The standard InChI is InChI=1S/C15H9F2N.HOP/c16-13-11-8-4-5-9-12(11)18-15(14(13)17)10-6-2-1-3-7-10;1-2/h1-9H;2H. The van der Waals surface area contributed by atoms with Crippen LogP contribution in [0.2, 0.25) is 0 Å². The van der Waals surface area contributed by atoms with Gasteiger partial charge in [0.05, 0.1) is 5.52 Å². The van der Waals surface area contributed by atoms with E-state index in [-0.39, 0.29) is 11.1 Å². The molecule has 0 radical (unpaired) electrons. The summed E-state index contributed by atoms with van der Waals surface area (Å²) in [5, 5.41) is 0.203. The Bertz CT molecular complexity index is 735. The molecular weight excluding hydrogens is 279 g/mol. The van der Waals surface area contributed by atoms with Crippen LogP contribution in [-0.2, 0) is 4.57 Å². The lowest BCUT2D eigenvalue weighted by Gasteiger charge is -2.06. The molecule has 0 spiro atoms. The summed E-state index contributed by atoms with van der Waals surface area (Å²) in [4.78, 5) is 4.19. The lowest BCUT2D eigenvalue weighted by Crippen LogP contribution is -1.96. The molecule has 0 amide bonds. The van der Waals surface area contributed by atoms with Crippen LogP contribution in [0.5, 0.6) is 0 Å². The maximum atomic E-state index is 14.0. The van der Waals surface area contributed by atoms with Crippen molar-refractivity contribution in [1.82, 2.24) is 4.98 Å². The summed E-state index contributed by atoms with van der Waals surface area (Å²) in [5.74, 6) is -1.75. The predicted octanol–water partition coefficient (Wildman–Crippen LogP) is 4.65. The maximum absolute atomic E-state index is 14.0. The van der Waals surface area contributed by atoms with Crippen molar-refractivity contribution in [3.05, 3.63) is 66.2 Å². The first kappa shape index (κ1) is 14.2. The number of para-hydroxylation sites is 1. The summed E-state index contributed by atoms with van der Waals surface area (Å²) in [7, 11) is 1.72. The van der Waals surface area contributed by atoms with Crippen LogP contribution in [0.1, 0.15) is 0 Å². The second kappa shape index (κ2) is 6.31. The van der Waals surface area contributed by atoms with Crippen LogP contribution in [0.25, 0.3) is 22.2 Å². The monoisotopic (exact) mass is 289 g/mol. The molecule has 0 fully saturated rings. The third kappa shape index (κ3) is 2.56. The second-order valence-corrected chi connectivity index (χ2v) is 3.97. The van der Waals surface area contributed by atoms with Crippen molar-refractivity contribution < 1.29 is 13.3 Å². The molecule has 0 aliphatic rings. The zero-order valence-electron chi connectivity index (χ0n) is 10.3. The first-order valence-corrected chi connectivity index (χ1v) is 6.18. The highest BCUT2D eigenvalue weighted by molar-refractivity contribution is 7.00. The van der Waals surface area contributed by atoms with Gasteiger partial charge in [-0.15, -0.1) is 0 Å². The van der Waals surface area contributed by atoms with Gasteiger partial charge in [0, 0.05) is 10.9 Å². The van der Waals surface area contributed by atoms with Crippen LogP contribution in [0, 0.1) is 11.6 Å². The molecule has 3 aromatic rings. The highest BCUT2D eigenvalue weighted by atomic mass is 31.0. The average Bonchev–Trinajstić information content (AvgIpc) is 2.54.